The number of fused-ring (bicyclic) bond motifs is 1. The highest BCUT2D eigenvalue weighted by atomic mass is 32.2. The molecule has 2 fully saturated rings. The van der Waals surface area contributed by atoms with Gasteiger partial charge in [-0.15, -0.1) is 0 Å². The molecule has 6 rings (SSSR count). The Balaban J connectivity index is 1.40. The smallest absolute Gasteiger partial charge is 0.411 e. The summed E-state index contributed by atoms with van der Waals surface area (Å²) in [5, 5.41) is 9.84. The normalized spacial score (nSPS) is 20.9. The van der Waals surface area contributed by atoms with E-state index in [1.165, 1.54) is 36.5 Å². The number of aromatic nitrogens is 1. The summed E-state index contributed by atoms with van der Waals surface area (Å²) in [5.41, 5.74) is -2.05. The van der Waals surface area contributed by atoms with Crippen LogP contribution in [0, 0.1) is 23.2 Å². The van der Waals surface area contributed by atoms with Crippen LogP contribution in [0.15, 0.2) is 71.8 Å². The van der Waals surface area contributed by atoms with Gasteiger partial charge >= 0.3 is 6.09 Å². The van der Waals surface area contributed by atoms with Gasteiger partial charge < -0.3 is 19.3 Å². The highest BCUT2D eigenvalue weighted by Crippen LogP contribution is 2.51. The zero-order chi connectivity index (χ0) is 33.2. The van der Waals surface area contributed by atoms with Crippen molar-refractivity contribution in [3.05, 3.63) is 83.6 Å². The van der Waals surface area contributed by atoms with Crippen LogP contribution in [0.4, 0.5) is 10.5 Å². The van der Waals surface area contributed by atoms with Crippen LogP contribution in [0.25, 0.3) is 0 Å². The zero-order valence-corrected chi connectivity index (χ0v) is 27.5. The fraction of sp³-hybridized carbons (Fsp3) is 0.429. The Bertz CT molecular complexity index is 1780. The standard InChI is InChI=1S/C35H39N5O6S/c1-3-38-19-14-26(15-20-38)27-16-21-39(22-17-27)34(42)46-35(29-11-8-18-37-32(29)45-4-2)30-23-25(24-36)12-13-31(30)40(33(35)41)47(43,44)28-9-6-5-7-10-28/h5-13,18,23,26-27H,3-4,14-17,19-22H2,1-2H3. The maximum absolute atomic E-state index is 14.9. The molecule has 0 saturated carbocycles. The lowest BCUT2D eigenvalue weighted by atomic mass is 9.79. The first-order valence-electron chi connectivity index (χ1n) is 16.2. The number of pyridine rings is 1. The SMILES string of the molecule is CCOc1ncccc1C1(OC(=O)N2CCC(C3CCN(CC)CC3)CC2)C(=O)N(S(=O)(=O)c2ccccc2)c2ccc(C#N)cc21. The van der Waals surface area contributed by atoms with E-state index in [2.05, 4.69) is 22.9 Å². The summed E-state index contributed by atoms with van der Waals surface area (Å²) in [5.74, 6) is 0.0937. The Labute approximate surface area is 275 Å². The number of rotatable bonds is 8. The lowest BCUT2D eigenvalue weighted by Gasteiger charge is -2.40. The molecule has 0 N–H and O–H groups in total. The average Bonchev–Trinajstić information content (AvgIpc) is 3.36. The Kier molecular flexibility index (Phi) is 9.21. The van der Waals surface area contributed by atoms with E-state index in [0.29, 0.717) is 29.2 Å². The average molecular weight is 658 g/mol. The Morgan fingerprint density at radius 1 is 0.957 bits per heavy atom. The first kappa shape index (κ1) is 32.5. The molecule has 12 heteroatoms. The summed E-state index contributed by atoms with van der Waals surface area (Å²) >= 11 is 0. The number of nitriles is 1. The number of sulfonamides is 1. The number of benzene rings is 2. The lowest BCUT2D eigenvalue weighted by Crippen LogP contribution is -2.50. The Hall–Kier alpha value is -4.47. The van der Waals surface area contributed by atoms with Crippen molar-refractivity contribution in [3.8, 4) is 11.9 Å². The number of carbonyl (C=O) groups is 2. The predicted molar refractivity (Wildman–Crippen MR) is 174 cm³/mol. The van der Waals surface area contributed by atoms with E-state index in [9.17, 15) is 23.3 Å². The highest BCUT2D eigenvalue weighted by molar-refractivity contribution is 7.93. The minimum Gasteiger partial charge on any atom is -0.478 e. The van der Waals surface area contributed by atoms with Gasteiger partial charge in [0.1, 0.15) is 0 Å². The number of ether oxygens (including phenoxy) is 2. The third kappa shape index (κ3) is 5.83. The molecule has 4 heterocycles. The van der Waals surface area contributed by atoms with Crippen molar-refractivity contribution in [2.45, 2.75) is 50.0 Å². The molecule has 3 aromatic rings. The molecule has 3 aliphatic heterocycles. The summed E-state index contributed by atoms with van der Waals surface area (Å²) < 4.78 is 41.1. The molecule has 246 valence electrons. The molecule has 47 heavy (non-hydrogen) atoms. The largest absolute Gasteiger partial charge is 0.478 e. The van der Waals surface area contributed by atoms with Gasteiger partial charge in [-0.2, -0.15) is 9.57 Å². The van der Waals surface area contributed by atoms with E-state index in [1.54, 1.807) is 42.2 Å². The van der Waals surface area contributed by atoms with Crippen molar-refractivity contribution in [2.75, 3.05) is 43.6 Å². The highest BCUT2D eigenvalue weighted by Gasteiger charge is 2.61. The molecule has 1 unspecified atom stereocenters. The molecule has 0 spiro atoms. The van der Waals surface area contributed by atoms with Crippen LogP contribution in [-0.4, -0.2) is 74.5 Å². The van der Waals surface area contributed by atoms with Crippen LogP contribution in [0.3, 0.4) is 0 Å². The summed E-state index contributed by atoms with van der Waals surface area (Å²) in [6.07, 6.45) is 4.64. The van der Waals surface area contributed by atoms with Crippen molar-refractivity contribution in [1.29, 1.82) is 5.26 Å². The Morgan fingerprint density at radius 2 is 1.64 bits per heavy atom. The van der Waals surface area contributed by atoms with Gasteiger partial charge in [0.05, 0.1) is 34.4 Å². The van der Waals surface area contributed by atoms with Gasteiger partial charge in [-0.05, 0) is 107 Å². The third-order valence-electron chi connectivity index (χ3n) is 9.71. The van der Waals surface area contributed by atoms with Crippen LogP contribution < -0.4 is 9.04 Å². The minimum atomic E-state index is -4.48. The number of nitrogens with zero attached hydrogens (tertiary/aromatic N) is 5. The number of piperidine rings is 2. The van der Waals surface area contributed by atoms with Crippen LogP contribution in [0.2, 0.25) is 0 Å². The zero-order valence-electron chi connectivity index (χ0n) is 26.7. The molecule has 2 aromatic carbocycles. The number of amides is 2. The number of anilines is 1. The molecular formula is C35H39N5O6S. The van der Waals surface area contributed by atoms with Crippen LogP contribution in [-0.2, 0) is 25.2 Å². The van der Waals surface area contributed by atoms with Crippen molar-refractivity contribution in [1.82, 2.24) is 14.8 Å². The summed E-state index contributed by atoms with van der Waals surface area (Å²) in [6.45, 7) is 8.26. The van der Waals surface area contributed by atoms with Gasteiger partial charge in [0.25, 0.3) is 21.5 Å². The molecule has 0 radical (unpaired) electrons. The molecule has 3 aliphatic rings. The van der Waals surface area contributed by atoms with E-state index in [1.807, 2.05) is 0 Å². The van der Waals surface area contributed by atoms with Crippen LogP contribution >= 0.6 is 0 Å². The third-order valence-corrected chi connectivity index (χ3v) is 11.4. The van der Waals surface area contributed by atoms with E-state index in [4.69, 9.17) is 9.47 Å². The maximum atomic E-state index is 14.9. The van der Waals surface area contributed by atoms with Gasteiger partial charge in [0.15, 0.2) is 0 Å². The van der Waals surface area contributed by atoms with E-state index >= 15 is 0 Å². The maximum Gasteiger partial charge on any atom is 0.411 e. The second kappa shape index (κ2) is 13.3. The fourth-order valence-electron chi connectivity index (χ4n) is 7.18. The quantitative estimate of drug-likeness (QED) is 0.331. The van der Waals surface area contributed by atoms with Crippen LogP contribution in [0.5, 0.6) is 5.88 Å². The Morgan fingerprint density at radius 3 is 2.28 bits per heavy atom. The number of hydrogen-bond donors (Lipinski definition) is 0. The van der Waals surface area contributed by atoms with Crippen molar-refractivity contribution in [3.63, 3.8) is 0 Å². The summed E-state index contributed by atoms with van der Waals surface area (Å²) in [7, 11) is -4.48. The van der Waals surface area contributed by atoms with Gasteiger partial charge in [0, 0.05) is 24.8 Å². The lowest BCUT2D eigenvalue weighted by molar-refractivity contribution is -0.132. The second-order valence-electron chi connectivity index (χ2n) is 12.2. The van der Waals surface area contributed by atoms with Crippen molar-refractivity contribution < 1.29 is 27.5 Å². The van der Waals surface area contributed by atoms with Crippen molar-refractivity contribution >= 4 is 27.7 Å². The number of hydrogen-bond acceptors (Lipinski definition) is 9. The molecule has 2 saturated heterocycles. The molecule has 11 nitrogen and oxygen atoms in total. The predicted octanol–water partition coefficient (Wildman–Crippen LogP) is 4.91. The molecule has 0 aliphatic carbocycles. The van der Waals surface area contributed by atoms with Crippen LogP contribution in [0.1, 0.15) is 56.2 Å². The van der Waals surface area contributed by atoms with E-state index < -0.39 is 27.6 Å². The minimum absolute atomic E-state index is 0.0144. The first-order valence-corrected chi connectivity index (χ1v) is 17.7. The van der Waals surface area contributed by atoms with E-state index in [0.717, 1.165) is 45.3 Å². The van der Waals surface area contributed by atoms with E-state index in [-0.39, 0.29) is 39.8 Å². The second-order valence-corrected chi connectivity index (χ2v) is 14.0. The number of likely N-dealkylation sites (tertiary alicyclic amines) is 2. The summed E-state index contributed by atoms with van der Waals surface area (Å²) in [6, 6.07) is 17.0. The van der Waals surface area contributed by atoms with Gasteiger partial charge in [-0.25, -0.2) is 18.2 Å². The monoisotopic (exact) mass is 657 g/mol. The summed E-state index contributed by atoms with van der Waals surface area (Å²) in [4.78, 5) is 37.3. The van der Waals surface area contributed by atoms with Crippen molar-refractivity contribution in [2.24, 2.45) is 11.8 Å². The topological polar surface area (TPSA) is 133 Å². The van der Waals surface area contributed by atoms with Gasteiger partial charge in [-0.1, -0.05) is 25.1 Å². The van der Waals surface area contributed by atoms with Gasteiger partial charge in [-0.3, -0.25) is 4.79 Å². The first-order chi connectivity index (χ1) is 22.7. The molecular weight excluding hydrogens is 618 g/mol. The molecule has 0 bridgehead atoms. The fourth-order valence-corrected chi connectivity index (χ4v) is 8.66. The number of carbonyl (C=O) groups excluding carboxylic acids is 2. The van der Waals surface area contributed by atoms with Gasteiger partial charge in [0.2, 0.25) is 5.88 Å². The molecule has 2 amide bonds. The molecule has 1 aromatic heterocycles. The molecule has 1 atom stereocenters.